The number of hydrogen-bond acceptors (Lipinski definition) is 5. The molecule has 94 valence electrons. The van der Waals surface area contributed by atoms with E-state index in [2.05, 4.69) is 10.5 Å². The Morgan fingerprint density at radius 2 is 2.17 bits per heavy atom. The molecule has 2 rings (SSSR count). The van der Waals surface area contributed by atoms with E-state index in [4.69, 9.17) is 9.63 Å². The summed E-state index contributed by atoms with van der Waals surface area (Å²) >= 11 is 0. The fraction of sp³-hybridized carbons (Fsp3) is 0.167. The van der Waals surface area contributed by atoms with Gasteiger partial charge in [-0.25, -0.2) is 0 Å². The number of phenolic OH excluding ortho intramolecular Hbond substituents is 2. The Morgan fingerprint density at radius 3 is 2.78 bits per heavy atom. The first kappa shape index (κ1) is 12.0. The molecule has 6 heteroatoms. The van der Waals surface area contributed by atoms with Gasteiger partial charge < -0.3 is 20.1 Å². The zero-order valence-electron chi connectivity index (χ0n) is 9.67. The van der Waals surface area contributed by atoms with Crippen LogP contribution < -0.4 is 5.32 Å². The number of benzene rings is 1. The minimum atomic E-state index is -0.451. The van der Waals surface area contributed by atoms with E-state index in [9.17, 15) is 9.90 Å². The maximum Gasteiger partial charge on any atom is 0.255 e. The molecule has 0 bridgehead atoms. The Kier molecular flexibility index (Phi) is 3.18. The minimum Gasteiger partial charge on any atom is -0.508 e. The number of phenols is 2. The Hall–Kier alpha value is -2.50. The molecular formula is C12H12N2O4. The van der Waals surface area contributed by atoms with E-state index >= 15 is 0 Å². The van der Waals surface area contributed by atoms with E-state index in [-0.39, 0.29) is 23.6 Å². The van der Waals surface area contributed by atoms with Crippen LogP contribution in [0.2, 0.25) is 0 Å². The molecule has 18 heavy (non-hydrogen) atoms. The zero-order valence-corrected chi connectivity index (χ0v) is 9.67. The van der Waals surface area contributed by atoms with Crippen molar-refractivity contribution in [3.63, 3.8) is 0 Å². The van der Waals surface area contributed by atoms with Crippen molar-refractivity contribution >= 4 is 5.91 Å². The number of amides is 1. The lowest BCUT2D eigenvalue weighted by molar-refractivity contribution is 0.0947. The molecule has 0 saturated heterocycles. The normalized spacial score (nSPS) is 10.3. The third-order valence-electron chi connectivity index (χ3n) is 2.33. The summed E-state index contributed by atoms with van der Waals surface area (Å²) in [6.07, 6.45) is 0. The second-order valence-corrected chi connectivity index (χ2v) is 3.81. The van der Waals surface area contributed by atoms with E-state index in [1.54, 1.807) is 13.0 Å². The Morgan fingerprint density at radius 1 is 1.39 bits per heavy atom. The van der Waals surface area contributed by atoms with Crippen LogP contribution in [0.25, 0.3) is 0 Å². The fourth-order valence-electron chi connectivity index (χ4n) is 1.48. The van der Waals surface area contributed by atoms with Crippen molar-refractivity contribution < 1.29 is 19.5 Å². The molecule has 0 atom stereocenters. The van der Waals surface area contributed by atoms with Gasteiger partial charge in [0.05, 0.1) is 12.1 Å². The average molecular weight is 248 g/mol. The number of carbonyl (C=O) groups is 1. The van der Waals surface area contributed by atoms with Crippen molar-refractivity contribution in [2.75, 3.05) is 0 Å². The minimum absolute atomic E-state index is 0.0908. The van der Waals surface area contributed by atoms with Crippen LogP contribution in [-0.4, -0.2) is 21.3 Å². The smallest absolute Gasteiger partial charge is 0.255 e. The van der Waals surface area contributed by atoms with Crippen LogP contribution in [0.3, 0.4) is 0 Å². The molecule has 1 heterocycles. The molecule has 0 aliphatic rings. The van der Waals surface area contributed by atoms with E-state index in [1.807, 2.05) is 0 Å². The predicted molar refractivity (Wildman–Crippen MR) is 62.2 cm³/mol. The van der Waals surface area contributed by atoms with Gasteiger partial charge in [-0.05, 0) is 19.1 Å². The zero-order chi connectivity index (χ0) is 13.1. The van der Waals surface area contributed by atoms with Crippen molar-refractivity contribution in [2.45, 2.75) is 13.5 Å². The van der Waals surface area contributed by atoms with Gasteiger partial charge in [-0.1, -0.05) is 5.16 Å². The first-order valence-corrected chi connectivity index (χ1v) is 5.28. The van der Waals surface area contributed by atoms with Crippen LogP contribution in [0.1, 0.15) is 21.8 Å². The maximum absolute atomic E-state index is 11.7. The number of aromatic nitrogens is 1. The van der Waals surface area contributed by atoms with Gasteiger partial charge in [-0.3, -0.25) is 4.79 Å². The number of nitrogens with zero attached hydrogens (tertiary/aromatic N) is 1. The Labute approximate surface area is 103 Å². The number of rotatable bonds is 3. The van der Waals surface area contributed by atoms with Crippen LogP contribution in [-0.2, 0) is 6.54 Å². The first-order chi connectivity index (χ1) is 8.56. The van der Waals surface area contributed by atoms with Crippen molar-refractivity contribution in [3.8, 4) is 11.5 Å². The van der Waals surface area contributed by atoms with Crippen LogP contribution >= 0.6 is 0 Å². The summed E-state index contributed by atoms with van der Waals surface area (Å²) in [5.41, 5.74) is 0.687. The lowest BCUT2D eigenvalue weighted by atomic mass is 10.2. The summed E-state index contributed by atoms with van der Waals surface area (Å²) in [5.74, 6) is -0.167. The monoisotopic (exact) mass is 248 g/mol. The quantitative estimate of drug-likeness (QED) is 0.761. The molecule has 1 aromatic heterocycles. The molecule has 1 aromatic carbocycles. The Balaban J connectivity index is 2.03. The lowest BCUT2D eigenvalue weighted by Gasteiger charge is -2.05. The molecule has 2 aromatic rings. The number of aromatic hydroxyl groups is 2. The van der Waals surface area contributed by atoms with Crippen LogP contribution in [0.15, 0.2) is 28.8 Å². The molecular weight excluding hydrogens is 236 g/mol. The summed E-state index contributed by atoms with van der Waals surface area (Å²) in [5, 5.41) is 24.9. The van der Waals surface area contributed by atoms with Crippen LogP contribution in [0.5, 0.6) is 11.5 Å². The molecule has 0 aliphatic heterocycles. The molecule has 0 radical (unpaired) electrons. The van der Waals surface area contributed by atoms with E-state index in [0.29, 0.717) is 11.5 Å². The van der Waals surface area contributed by atoms with E-state index in [0.717, 1.165) is 6.07 Å². The van der Waals surface area contributed by atoms with Crippen LogP contribution in [0.4, 0.5) is 0 Å². The number of nitrogens with one attached hydrogen (secondary N) is 1. The molecule has 3 N–H and O–H groups in total. The molecule has 0 aliphatic carbocycles. The lowest BCUT2D eigenvalue weighted by Crippen LogP contribution is -2.22. The third kappa shape index (κ3) is 2.60. The highest BCUT2D eigenvalue weighted by molar-refractivity contribution is 5.96. The molecule has 0 unspecified atom stereocenters. The fourth-order valence-corrected chi connectivity index (χ4v) is 1.48. The molecule has 0 spiro atoms. The van der Waals surface area contributed by atoms with E-state index in [1.165, 1.54) is 12.1 Å². The summed E-state index contributed by atoms with van der Waals surface area (Å²) < 4.78 is 4.86. The second kappa shape index (κ2) is 4.79. The highest BCUT2D eigenvalue weighted by atomic mass is 16.5. The van der Waals surface area contributed by atoms with Crippen LogP contribution in [0, 0.1) is 6.92 Å². The van der Waals surface area contributed by atoms with Gasteiger partial charge >= 0.3 is 0 Å². The van der Waals surface area contributed by atoms with Crippen molar-refractivity contribution in [2.24, 2.45) is 0 Å². The molecule has 6 nitrogen and oxygen atoms in total. The standard InChI is InChI=1S/C12H12N2O4/c1-7-4-8(14-18-7)6-13-12(17)10-3-2-9(15)5-11(10)16/h2-5,15-16H,6H2,1H3,(H,13,17). The molecule has 1 amide bonds. The van der Waals surface area contributed by atoms with Gasteiger partial charge in [0.15, 0.2) is 0 Å². The summed E-state index contributed by atoms with van der Waals surface area (Å²) in [6, 6.07) is 5.48. The topological polar surface area (TPSA) is 95.6 Å². The highest BCUT2D eigenvalue weighted by Gasteiger charge is 2.12. The van der Waals surface area contributed by atoms with Gasteiger partial charge in [-0.2, -0.15) is 0 Å². The maximum atomic E-state index is 11.7. The van der Waals surface area contributed by atoms with Gasteiger partial charge in [-0.15, -0.1) is 0 Å². The summed E-state index contributed by atoms with van der Waals surface area (Å²) in [4.78, 5) is 11.7. The van der Waals surface area contributed by atoms with Crippen molar-refractivity contribution in [1.82, 2.24) is 10.5 Å². The van der Waals surface area contributed by atoms with Gasteiger partial charge in [0.1, 0.15) is 23.0 Å². The molecule has 0 saturated carbocycles. The highest BCUT2D eigenvalue weighted by Crippen LogP contribution is 2.22. The van der Waals surface area contributed by atoms with Crippen molar-refractivity contribution in [3.05, 3.63) is 41.3 Å². The SMILES string of the molecule is Cc1cc(CNC(=O)c2ccc(O)cc2O)no1. The number of carbonyl (C=O) groups excluding carboxylic acids is 1. The third-order valence-corrected chi connectivity index (χ3v) is 2.33. The number of aryl methyl sites for hydroxylation is 1. The van der Waals surface area contributed by atoms with Crippen molar-refractivity contribution in [1.29, 1.82) is 0 Å². The van der Waals surface area contributed by atoms with E-state index < -0.39 is 5.91 Å². The second-order valence-electron chi connectivity index (χ2n) is 3.81. The molecule has 0 fully saturated rings. The van der Waals surface area contributed by atoms with Gasteiger partial charge in [0.2, 0.25) is 0 Å². The van der Waals surface area contributed by atoms with Gasteiger partial charge in [0.25, 0.3) is 5.91 Å². The summed E-state index contributed by atoms with van der Waals surface area (Å²) in [7, 11) is 0. The largest absolute Gasteiger partial charge is 0.508 e. The average Bonchev–Trinajstić information content (AvgIpc) is 2.72. The van der Waals surface area contributed by atoms with Gasteiger partial charge in [0, 0.05) is 12.1 Å². The Bertz CT molecular complexity index is 577. The summed E-state index contributed by atoms with van der Waals surface area (Å²) in [6.45, 7) is 1.96. The predicted octanol–water partition coefficient (Wildman–Crippen LogP) is 1.32. The first-order valence-electron chi connectivity index (χ1n) is 5.28. The number of hydrogen-bond donors (Lipinski definition) is 3.